The summed E-state index contributed by atoms with van der Waals surface area (Å²) in [5.74, 6) is -1.30. The summed E-state index contributed by atoms with van der Waals surface area (Å²) < 4.78 is 0. The molecule has 1 aliphatic heterocycles. The Labute approximate surface area is 215 Å². The lowest BCUT2D eigenvalue weighted by Crippen LogP contribution is -2.52. The van der Waals surface area contributed by atoms with Gasteiger partial charge in [0.2, 0.25) is 11.8 Å². The fraction of sp³-hybridized carbons (Fsp3) is 0.385. The number of nitrogens with one attached hydrogen (secondary N) is 1. The minimum Gasteiger partial charge on any atom is -0.350 e. The van der Waals surface area contributed by atoms with Crippen molar-refractivity contribution in [3.05, 3.63) is 69.2 Å². The predicted octanol–water partition coefficient (Wildman–Crippen LogP) is 4.70. The first-order chi connectivity index (χ1) is 16.4. The molecule has 4 amide bonds. The molecule has 1 aliphatic rings. The van der Waals surface area contributed by atoms with Gasteiger partial charge in [-0.25, -0.2) is 0 Å². The normalized spacial score (nSPS) is 14.1. The van der Waals surface area contributed by atoms with Crippen molar-refractivity contribution in [2.45, 2.75) is 58.7 Å². The summed E-state index contributed by atoms with van der Waals surface area (Å²) in [7, 11) is 0. The predicted molar refractivity (Wildman–Crippen MR) is 135 cm³/mol. The molecule has 0 aliphatic carbocycles. The Morgan fingerprint density at radius 3 is 2.17 bits per heavy atom. The van der Waals surface area contributed by atoms with Gasteiger partial charge in [0.15, 0.2) is 0 Å². The Bertz CT molecular complexity index is 1120. The molecule has 1 heterocycles. The number of hydrogen-bond acceptors (Lipinski definition) is 4. The van der Waals surface area contributed by atoms with Gasteiger partial charge in [0.1, 0.15) is 6.04 Å². The first-order valence-corrected chi connectivity index (χ1v) is 12.2. The number of fused-ring (bicyclic) bond motifs is 1. The standard InChI is InChI=1S/C26H29Cl2N3O4/c1-16(23(33)29-26(2,3)4)31(15-17-11-12-18(27)14-21(17)28)22(32)10-7-13-30-24(34)19-8-5-6-9-20(19)25(30)35/h5-6,8-9,11-12,14,16H,7,10,13,15H2,1-4H3,(H,29,33)/t16-/m1/s1. The van der Waals surface area contributed by atoms with Crippen LogP contribution in [0.15, 0.2) is 42.5 Å². The fourth-order valence-corrected chi connectivity index (χ4v) is 4.33. The molecule has 0 radical (unpaired) electrons. The molecule has 0 unspecified atom stereocenters. The smallest absolute Gasteiger partial charge is 0.261 e. The van der Waals surface area contributed by atoms with Crippen molar-refractivity contribution < 1.29 is 19.2 Å². The van der Waals surface area contributed by atoms with Crippen LogP contribution in [0, 0.1) is 0 Å². The van der Waals surface area contributed by atoms with Crippen LogP contribution >= 0.6 is 23.2 Å². The van der Waals surface area contributed by atoms with Gasteiger partial charge in [0, 0.05) is 35.1 Å². The second-order valence-corrected chi connectivity index (χ2v) is 10.4. The van der Waals surface area contributed by atoms with Gasteiger partial charge in [0.05, 0.1) is 11.1 Å². The summed E-state index contributed by atoms with van der Waals surface area (Å²) in [6.45, 7) is 7.47. The Morgan fingerprint density at radius 1 is 1.03 bits per heavy atom. The maximum atomic E-state index is 13.3. The molecule has 0 saturated carbocycles. The van der Waals surface area contributed by atoms with E-state index in [9.17, 15) is 19.2 Å². The highest BCUT2D eigenvalue weighted by atomic mass is 35.5. The summed E-state index contributed by atoms with van der Waals surface area (Å²) in [4.78, 5) is 53.9. The minimum absolute atomic E-state index is 0.0474. The van der Waals surface area contributed by atoms with Gasteiger partial charge in [-0.15, -0.1) is 0 Å². The molecule has 2 aromatic carbocycles. The molecule has 0 saturated heterocycles. The lowest BCUT2D eigenvalue weighted by atomic mass is 10.1. The molecule has 186 valence electrons. The van der Waals surface area contributed by atoms with Crippen LogP contribution in [0.5, 0.6) is 0 Å². The van der Waals surface area contributed by atoms with Crippen molar-refractivity contribution in [3.8, 4) is 0 Å². The molecule has 3 rings (SSSR count). The van der Waals surface area contributed by atoms with Crippen LogP contribution in [-0.4, -0.2) is 51.6 Å². The molecule has 0 aromatic heterocycles. The van der Waals surface area contributed by atoms with E-state index in [2.05, 4.69) is 5.32 Å². The lowest BCUT2D eigenvalue weighted by molar-refractivity contribution is -0.141. The number of nitrogens with zero attached hydrogens (tertiary/aromatic N) is 2. The summed E-state index contributed by atoms with van der Waals surface area (Å²) in [6.07, 6.45) is 0.314. The Hall–Kier alpha value is -2.90. The zero-order chi connectivity index (χ0) is 25.9. The first kappa shape index (κ1) is 26.7. The van der Waals surface area contributed by atoms with E-state index in [-0.39, 0.29) is 49.6 Å². The number of carbonyl (C=O) groups excluding carboxylic acids is 4. The Morgan fingerprint density at radius 2 is 1.63 bits per heavy atom. The quantitative estimate of drug-likeness (QED) is 0.514. The van der Waals surface area contributed by atoms with Crippen molar-refractivity contribution in [1.82, 2.24) is 15.1 Å². The van der Waals surface area contributed by atoms with E-state index >= 15 is 0 Å². The molecular weight excluding hydrogens is 489 g/mol. The van der Waals surface area contributed by atoms with Gasteiger partial charge < -0.3 is 10.2 Å². The highest BCUT2D eigenvalue weighted by Gasteiger charge is 2.35. The summed E-state index contributed by atoms with van der Waals surface area (Å²) in [6, 6.07) is 10.9. The van der Waals surface area contributed by atoms with Gasteiger partial charge >= 0.3 is 0 Å². The average Bonchev–Trinajstić information content (AvgIpc) is 3.02. The van der Waals surface area contributed by atoms with Crippen molar-refractivity contribution in [2.24, 2.45) is 0 Å². The van der Waals surface area contributed by atoms with Gasteiger partial charge in [-0.2, -0.15) is 0 Å². The SMILES string of the molecule is C[C@H](C(=O)NC(C)(C)C)N(Cc1ccc(Cl)cc1Cl)C(=O)CCCN1C(=O)c2ccccc2C1=O. The number of amides is 4. The number of hydrogen-bond donors (Lipinski definition) is 1. The minimum atomic E-state index is -0.771. The third-order valence-corrected chi connectivity index (χ3v) is 6.26. The summed E-state index contributed by atoms with van der Waals surface area (Å²) in [5, 5.41) is 3.76. The van der Waals surface area contributed by atoms with Crippen LogP contribution in [-0.2, 0) is 16.1 Å². The van der Waals surface area contributed by atoms with E-state index in [1.54, 1.807) is 49.4 Å². The molecule has 0 bridgehead atoms. The van der Waals surface area contributed by atoms with Crippen LogP contribution in [0.2, 0.25) is 10.0 Å². The monoisotopic (exact) mass is 517 g/mol. The summed E-state index contributed by atoms with van der Waals surface area (Å²) >= 11 is 12.3. The Balaban J connectivity index is 1.72. The molecule has 1 N–H and O–H groups in total. The first-order valence-electron chi connectivity index (χ1n) is 11.4. The number of halogens is 2. The number of carbonyl (C=O) groups is 4. The van der Waals surface area contributed by atoms with Crippen LogP contribution in [0.25, 0.3) is 0 Å². The van der Waals surface area contributed by atoms with Gasteiger partial charge in [0.25, 0.3) is 11.8 Å². The van der Waals surface area contributed by atoms with Gasteiger partial charge in [-0.3, -0.25) is 24.1 Å². The second-order valence-electron chi connectivity index (χ2n) is 9.58. The maximum absolute atomic E-state index is 13.3. The molecule has 0 fully saturated rings. The van der Waals surface area contributed by atoms with Gasteiger partial charge in [-0.05, 0) is 63.9 Å². The molecule has 0 spiro atoms. The van der Waals surface area contributed by atoms with Crippen molar-refractivity contribution >= 4 is 46.8 Å². The fourth-order valence-electron chi connectivity index (χ4n) is 3.86. The Kier molecular flexibility index (Phi) is 8.23. The molecule has 7 nitrogen and oxygen atoms in total. The number of rotatable bonds is 8. The van der Waals surface area contributed by atoms with Crippen LogP contribution in [0.4, 0.5) is 0 Å². The van der Waals surface area contributed by atoms with Crippen LogP contribution < -0.4 is 5.32 Å². The molecule has 1 atom stereocenters. The van der Waals surface area contributed by atoms with Gasteiger partial charge in [-0.1, -0.05) is 41.4 Å². The van der Waals surface area contributed by atoms with E-state index in [0.717, 1.165) is 4.90 Å². The second kappa shape index (κ2) is 10.8. The lowest BCUT2D eigenvalue weighted by Gasteiger charge is -2.32. The molecule has 35 heavy (non-hydrogen) atoms. The largest absolute Gasteiger partial charge is 0.350 e. The molecule has 9 heteroatoms. The molecular formula is C26H29Cl2N3O4. The van der Waals surface area contributed by atoms with E-state index in [1.165, 1.54) is 4.90 Å². The average molecular weight is 518 g/mol. The third kappa shape index (κ3) is 6.41. The maximum Gasteiger partial charge on any atom is 0.261 e. The van der Waals surface area contributed by atoms with E-state index < -0.39 is 11.6 Å². The van der Waals surface area contributed by atoms with E-state index in [4.69, 9.17) is 23.2 Å². The summed E-state index contributed by atoms with van der Waals surface area (Å²) in [5.41, 5.74) is 0.925. The van der Waals surface area contributed by atoms with E-state index in [1.807, 2.05) is 20.8 Å². The zero-order valence-electron chi connectivity index (χ0n) is 20.2. The van der Waals surface area contributed by atoms with Crippen LogP contribution in [0.3, 0.4) is 0 Å². The molecule has 2 aromatic rings. The number of imide groups is 1. The zero-order valence-corrected chi connectivity index (χ0v) is 21.7. The van der Waals surface area contributed by atoms with Crippen LogP contribution in [0.1, 0.15) is 66.8 Å². The third-order valence-electron chi connectivity index (χ3n) is 5.67. The highest BCUT2D eigenvalue weighted by Crippen LogP contribution is 2.25. The number of benzene rings is 2. The van der Waals surface area contributed by atoms with Crippen molar-refractivity contribution in [3.63, 3.8) is 0 Å². The van der Waals surface area contributed by atoms with E-state index in [0.29, 0.717) is 26.7 Å². The highest BCUT2D eigenvalue weighted by molar-refractivity contribution is 6.35. The van der Waals surface area contributed by atoms with Crippen molar-refractivity contribution in [1.29, 1.82) is 0 Å². The van der Waals surface area contributed by atoms with Crippen molar-refractivity contribution in [2.75, 3.05) is 6.54 Å². The topological polar surface area (TPSA) is 86.8 Å².